The van der Waals surface area contributed by atoms with Crippen molar-refractivity contribution in [3.8, 4) is 11.6 Å². The number of aromatic nitrogens is 2. The molecule has 3 aromatic rings. The van der Waals surface area contributed by atoms with Crippen LogP contribution in [0.1, 0.15) is 5.56 Å². The molecule has 0 amide bonds. The largest absolute Gasteiger partial charge is 0.434 e. The van der Waals surface area contributed by atoms with Crippen molar-refractivity contribution in [2.24, 2.45) is 0 Å². The summed E-state index contributed by atoms with van der Waals surface area (Å²) < 4.78 is 18.8. The second-order valence-electron chi connectivity index (χ2n) is 5.40. The lowest BCUT2D eigenvalue weighted by Crippen LogP contribution is -2.03. The summed E-state index contributed by atoms with van der Waals surface area (Å²) in [5.41, 5.74) is 0.576. The molecule has 7 nitrogen and oxygen atoms in total. The van der Waals surface area contributed by atoms with Crippen molar-refractivity contribution in [3.63, 3.8) is 0 Å². The van der Waals surface area contributed by atoms with Gasteiger partial charge in [0.1, 0.15) is 17.9 Å². The van der Waals surface area contributed by atoms with Gasteiger partial charge in [0.15, 0.2) is 0 Å². The molecular formula is C17H11Cl2FN4O3. The van der Waals surface area contributed by atoms with E-state index in [1.54, 1.807) is 25.1 Å². The van der Waals surface area contributed by atoms with E-state index in [-0.39, 0.29) is 16.7 Å². The van der Waals surface area contributed by atoms with E-state index in [1.807, 2.05) is 0 Å². The van der Waals surface area contributed by atoms with Crippen molar-refractivity contribution in [1.29, 1.82) is 0 Å². The van der Waals surface area contributed by atoms with Crippen LogP contribution in [0, 0.1) is 22.9 Å². The number of anilines is 2. The Morgan fingerprint density at radius 2 is 1.93 bits per heavy atom. The molecule has 138 valence electrons. The summed E-state index contributed by atoms with van der Waals surface area (Å²) in [5.74, 6) is -0.665. The molecule has 1 N–H and O–H groups in total. The third kappa shape index (κ3) is 4.24. The van der Waals surface area contributed by atoms with Crippen LogP contribution in [0.15, 0.2) is 42.7 Å². The number of ether oxygens (including phenoxy) is 1. The first kappa shape index (κ1) is 18.8. The van der Waals surface area contributed by atoms with Crippen molar-refractivity contribution in [1.82, 2.24) is 9.97 Å². The van der Waals surface area contributed by atoms with Crippen LogP contribution in [0.2, 0.25) is 10.0 Å². The Kier molecular flexibility index (Phi) is 5.38. The molecule has 1 heterocycles. The topological polar surface area (TPSA) is 90.2 Å². The molecule has 0 atom stereocenters. The maximum atomic E-state index is 13.3. The highest BCUT2D eigenvalue weighted by Gasteiger charge is 2.25. The highest BCUT2D eigenvalue weighted by atomic mass is 35.5. The molecule has 0 aliphatic carbocycles. The Morgan fingerprint density at radius 1 is 1.15 bits per heavy atom. The number of hydrogen-bond acceptors (Lipinski definition) is 6. The molecule has 27 heavy (non-hydrogen) atoms. The average Bonchev–Trinajstić information content (AvgIpc) is 2.61. The monoisotopic (exact) mass is 408 g/mol. The molecule has 0 aliphatic heterocycles. The maximum absolute atomic E-state index is 13.3. The zero-order valence-corrected chi connectivity index (χ0v) is 15.3. The molecule has 0 saturated carbocycles. The minimum Gasteiger partial charge on any atom is -0.434 e. The van der Waals surface area contributed by atoms with Crippen LogP contribution in [-0.2, 0) is 0 Å². The molecule has 2 aromatic carbocycles. The molecule has 0 unspecified atom stereocenters. The first-order valence-electron chi connectivity index (χ1n) is 7.50. The Bertz CT molecular complexity index is 961. The molecule has 0 saturated heterocycles. The summed E-state index contributed by atoms with van der Waals surface area (Å²) in [6.07, 6.45) is 1.11. The van der Waals surface area contributed by atoms with Crippen molar-refractivity contribution in [2.45, 2.75) is 6.92 Å². The van der Waals surface area contributed by atoms with E-state index in [9.17, 15) is 14.5 Å². The van der Waals surface area contributed by atoms with E-state index in [0.717, 1.165) is 18.0 Å². The lowest BCUT2D eigenvalue weighted by molar-refractivity contribution is -0.385. The Labute approximate surface area is 162 Å². The molecule has 0 radical (unpaired) electrons. The maximum Gasteiger partial charge on any atom is 0.373 e. The van der Waals surface area contributed by atoms with Crippen LogP contribution in [0.3, 0.4) is 0 Å². The van der Waals surface area contributed by atoms with Gasteiger partial charge in [-0.2, -0.15) is 4.98 Å². The number of rotatable bonds is 5. The van der Waals surface area contributed by atoms with Crippen LogP contribution in [0.5, 0.6) is 11.6 Å². The minimum atomic E-state index is -0.675. The van der Waals surface area contributed by atoms with Gasteiger partial charge in [-0.15, -0.1) is 0 Å². The van der Waals surface area contributed by atoms with E-state index in [0.29, 0.717) is 16.5 Å². The lowest BCUT2D eigenvalue weighted by Gasteiger charge is -2.10. The summed E-state index contributed by atoms with van der Waals surface area (Å²) in [6.45, 7) is 1.77. The highest BCUT2D eigenvalue weighted by Crippen LogP contribution is 2.36. The number of nitrogens with zero attached hydrogens (tertiary/aromatic N) is 3. The van der Waals surface area contributed by atoms with Gasteiger partial charge in [-0.1, -0.05) is 23.2 Å². The number of nitro groups is 1. The molecular weight excluding hydrogens is 398 g/mol. The third-order valence-electron chi connectivity index (χ3n) is 3.50. The van der Waals surface area contributed by atoms with Crippen LogP contribution < -0.4 is 10.1 Å². The van der Waals surface area contributed by atoms with E-state index >= 15 is 0 Å². The van der Waals surface area contributed by atoms with Crippen LogP contribution in [0.4, 0.5) is 21.6 Å². The summed E-state index contributed by atoms with van der Waals surface area (Å²) in [5, 5.41) is 14.7. The van der Waals surface area contributed by atoms with E-state index in [4.69, 9.17) is 27.9 Å². The fourth-order valence-corrected chi connectivity index (χ4v) is 2.49. The van der Waals surface area contributed by atoms with Gasteiger partial charge < -0.3 is 10.1 Å². The minimum absolute atomic E-state index is 0.127. The van der Waals surface area contributed by atoms with Gasteiger partial charge >= 0.3 is 11.6 Å². The normalized spacial score (nSPS) is 10.5. The predicted molar refractivity (Wildman–Crippen MR) is 99.6 cm³/mol. The van der Waals surface area contributed by atoms with E-state index in [1.165, 1.54) is 12.1 Å². The van der Waals surface area contributed by atoms with Crippen molar-refractivity contribution in [2.75, 3.05) is 5.32 Å². The first-order valence-corrected chi connectivity index (χ1v) is 8.26. The quantitative estimate of drug-likeness (QED) is 0.431. The summed E-state index contributed by atoms with van der Waals surface area (Å²) in [4.78, 5) is 18.6. The Hall–Kier alpha value is -2.97. The van der Waals surface area contributed by atoms with Gasteiger partial charge in [0.05, 0.1) is 9.95 Å². The molecule has 0 spiro atoms. The van der Waals surface area contributed by atoms with Crippen LogP contribution in [-0.4, -0.2) is 14.9 Å². The zero-order valence-electron chi connectivity index (χ0n) is 13.7. The molecule has 10 heteroatoms. The van der Waals surface area contributed by atoms with Crippen molar-refractivity contribution in [3.05, 3.63) is 74.3 Å². The SMILES string of the molecule is Cc1cc(Oc2ncnc(Nc3ccc(F)c(Cl)c3)c2[N+](=O)[O-])ccc1Cl. The van der Waals surface area contributed by atoms with Gasteiger partial charge in [0.2, 0.25) is 5.82 Å². The average molecular weight is 409 g/mol. The second kappa shape index (κ2) is 7.73. The van der Waals surface area contributed by atoms with Crippen LogP contribution in [0.25, 0.3) is 0 Å². The Balaban J connectivity index is 1.97. The smallest absolute Gasteiger partial charge is 0.373 e. The van der Waals surface area contributed by atoms with Gasteiger partial charge in [0, 0.05) is 10.7 Å². The fourth-order valence-electron chi connectivity index (χ4n) is 2.20. The van der Waals surface area contributed by atoms with Gasteiger partial charge in [-0.3, -0.25) is 10.1 Å². The number of benzene rings is 2. The molecule has 1 aromatic heterocycles. The molecule has 0 aliphatic rings. The first-order chi connectivity index (χ1) is 12.8. The van der Waals surface area contributed by atoms with Gasteiger partial charge in [0.25, 0.3) is 0 Å². The number of aryl methyl sites for hydroxylation is 1. The predicted octanol–water partition coefficient (Wildman–Crippen LogP) is 5.68. The lowest BCUT2D eigenvalue weighted by atomic mass is 10.2. The summed E-state index contributed by atoms with van der Waals surface area (Å²) in [7, 11) is 0. The molecule has 0 bridgehead atoms. The van der Waals surface area contributed by atoms with Gasteiger partial charge in [-0.05, 0) is 48.9 Å². The zero-order chi connectivity index (χ0) is 19.6. The number of hydrogen-bond donors (Lipinski definition) is 1. The fraction of sp³-hybridized carbons (Fsp3) is 0.0588. The third-order valence-corrected chi connectivity index (χ3v) is 4.21. The number of nitrogens with one attached hydrogen (secondary N) is 1. The number of halogens is 3. The Morgan fingerprint density at radius 3 is 2.59 bits per heavy atom. The van der Waals surface area contributed by atoms with E-state index in [2.05, 4.69) is 15.3 Å². The van der Waals surface area contributed by atoms with E-state index < -0.39 is 16.4 Å². The van der Waals surface area contributed by atoms with Crippen molar-refractivity contribution >= 4 is 40.4 Å². The standard InChI is InChI=1S/C17H11Cl2FN4O3/c1-9-6-11(3-4-12(9)18)27-17-15(24(25)26)16(21-8-22-17)23-10-2-5-14(20)13(19)7-10/h2-8H,1H3,(H,21,22,23). The summed E-state index contributed by atoms with van der Waals surface area (Å²) >= 11 is 11.7. The highest BCUT2D eigenvalue weighted by molar-refractivity contribution is 6.31. The molecule has 3 rings (SSSR count). The molecule has 0 fully saturated rings. The second-order valence-corrected chi connectivity index (χ2v) is 6.21. The summed E-state index contributed by atoms with van der Waals surface area (Å²) in [6, 6.07) is 8.58. The van der Waals surface area contributed by atoms with Crippen LogP contribution >= 0.6 is 23.2 Å². The van der Waals surface area contributed by atoms with Gasteiger partial charge in [-0.25, -0.2) is 9.37 Å². The van der Waals surface area contributed by atoms with Crippen molar-refractivity contribution < 1.29 is 14.1 Å².